The number of fused-ring (bicyclic) bond motifs is 1. The summed E-state index contributed by atoms with van der Waals surface area (Å²) in [6.07, 6.45) is 2.73. The van der Waals surface area contributed by atoms with Gasteiger partial charge >= 0.3 is 29.7 Å². The molecule has 268 valence electrons. The number of carboxylic acid groups (broad SMARTS) is 3. The van der Waals surface area contributed by atoms with Crippen molar-refractivity contribution in [3.05, 3.63) is 51.2 Å². The fourth-order valence-electron chi connectivity index (χ4n) is 5.31. The van der Waals surface area contributed by atoms with Gasteiger partial charge in [0.2, 0.25) is 12.3 Å². The van der Waals surface area contributed by atoms with E-state index in [1.165, 1.54) is 30.0 Å². The van der Waals surface area contributed by atoms with Gasteiger partial charge in [0.05, 0.1) is 29.6 Å². The van der Waals surface area contributed by atoms with Crippen molar-refractivity contribution in [2.24, 2.45) is 0 Å². The van der Waals surface area contributed by atoms with Crippen molar-refractivity contribution in [1.82, 2.24) is 35.7 Å². The van der Waals surface area contributed by atoms with Gasteiger partial charge in [0.1, 0.15) is 5.82 Å². The number of nitrogens with zero attached hydrogens (tertiary/aromatic N) is 5. The standard InChI is InChI=1S/C23H25ClN8O4S.C6H8O7/c1-32-7-6-15-17(10-32)37-23(29-15)21(35)28-16-8-12(22-31-26-11-36-22)2-4-14(16)27-19(33)20(34)30-18-5-3-13(24)9-25-18;7-3(8)1-6(13,5(11)12)2-4(9)10/h3,5,9,11-12,14,16H,2,4,6-8,10H2,1H3,(H,27,33)(H,28,35)(H,25,30,34);13H,1-2H2,(H,7,8)(H,9,10)(H,11,12)/t12-,14-,16+;/m0./s1. The summed E-state index contributed by atoms with van der Waals surface area (Å²) in [6, 6.07) is 2.09. The van der Waals surface area contributed by atoms with Gasteiger partial charge in [0, 0.05) is 42.5 Å². The molecule has 3 atom stereocenters. The van der Waals surface area contributed by atoms with E-state index < -0.39 is 60.2 Å². The van der Waals surface area contributed by atoms with E-state index >= 15 is 0 Å². The first-order valence-corrected chi connectivity index (χ1v) is 16.2. The number of carboxylic acids is 3. The molecule has 0 unspecified atom stereocenters. The molecule has 3 amide bonds. The Morgan fingerprint density at radius 1 is 1.04 bits per heavy atom. The van der Waals surface area contributed by atoms with Crippen LogP contribution in [0.2, 0.25) is 5.02 Å². The summed E-state index contributed by atoms with van der Waals surface area (Å²) < 4.78 is 5.39. The number of halogens is 1. The van der Waals surface area contributed by atoms with E-state index in [4.69, 9.17) is 36.4 Å². The Balaban J connectivity index is 0.000000369. The molecule has 0 saturated heterocycles. The van der Waals surface area contributed by atoms with Gasteiger partial charge in [-0.1, -0.05) is 11.6 Å². The van der Waals surface area contributed by atoms with Crippen molar-refractivity contribution in [3.63, 3.8) is 0 Å². The van der Waals surface area contributed by atoms with Crippen LogP contribution in [0.3, 0.4) is 0 Å². The molecular formula is C29H33ClN8O11S. The molecule has 0 aromatic carbocycles. The largest absolute Gasteiger partial charge is 0.481 e. The number of hydrogen-bond donors (Lipinski definition) is 7. The van der Waals surface area contributed by atoms with Crippen LogP contribution in [-0.4, -0.2) is 112 Å². The van der Waals surface area contributed by atoms with Crippen molar-refractivity contribution < 1.29 is 53.6 Å². The number of nitrogens with one attached hydrogen (secondary N) is 3. The van der Waals surface area contributed by atoms with E-state index in [2.05, 4.69) is 41.0 Å². The molecule has 7 N–H and O–H groups in total. The fourth-order valence-corrected chi connectivity index (χ4v) is 6.51. The number of aliphatic hydroxyl groups is 1. The van der Waals surface area contributed by atoms with Gasteiger partial charge in [0.25, 0.3) is 5.91 Å². The first kappa shape index (κ1) is 37.8. The van der Waals surface area contributed by atoms with Gasteiger partial charge in [-0.25, -0.2) is 14.8 Å². The van der Waals surface area contributed by atoms with Crippen LogP contribution < -0.4 is 16.0 Å². The number of pyridine rings is 1. The quantitative estimate of drug-likeness (QED) is 0.140. The molecule has 19 nitrogen and oxygen atoms in total. The number of carbonyl (C=O) groups excluding carboxylic acids is 3. The lowest BCUT2D eigenvalue weighted by molar-refractivity contribution is -0.170. The molecule has 1 fully saturated rings. The summed E-state index contributed by atoms with van der Waals surface area (Å²) in [6.45, 7) is 1.66. The van der Waals surface area contributed by atoms with Crippen LogP contribution in [-0.2, 0) is 36.9 Å². The molecule has 50 heavy (non-hydrogen) atoms. The third-order valence-corrected chi connectivity index (χ3v) is 9.09. The van der Waals surface area contributed by atoms with Gasteiger partial charge in [-0.2, -0.15) is 0 Å². The first-order valence-electron chi connectivity index (χ1n) is 15.0. The second kappa shape index (κ2) is 16.6. The molecule has 1 aliphatic carbocycles. The van der Waals surface area contributed by atoms with Gasteiger partial charge in [-0.3, -0.25) is 24.0 Å². The zero-order valence-electron chi connectivity index (χ0n) is 26.4. The van der Waals surface area contributed by atoms with Gasteiger partial charge in [-0.15, -0.1) is 21.5 Å². The average molecular weight is 737 g/mol. The number of carbonyl (C=O) groups is 6. The van der Waals surface area contributed by atoms with Crippen molar-refractivity contribution in [3.8, 4) is 0 Å². The smallest absolute Gasteiger partial charge is 0.336 e. The Labute approximate surface area is 292 Å². The minimum atomic E-state index is -2.74. The van der Waals surface area contributed by atoms with Crippen molar-refractivity contribution in [2.45, 2.75) is 68.7 Å². The summed E-state index contributed by atoms with van der Waals surface area (Å²) in [5.74, 6) is -6.44. The highest BCUT2D eigenvalue weighted by molar-refractivity contribution is 7.13. The van der Waals surface area contributed by atoms with Crippen molar-refractivity contribution >= 4 is 64.4 Å². The number of amides is 3. The second-order valence-corrected chi connectivity index (χ2v) is 13.1. The number of likely N-dealkylation sites (N-methyl/N-ethyl adjacent to an activating group) is 1. The third kappa shape index (κ3) is 10.2. The average Bonchev–Trinajstić information content (AvgIpc) is 3.73. The number of aliphatic carboxylic acids is 3. The highest BCUT2D eigenvalue weighted by atomic mass is 35.5. The topological polar surface area (TPSA) is 287 Å². The third-order valence-electron chi connectivity index (χ3n) is 7.79. The van der Waals surface area contributed by atoms with Crippen LogP contribution in [0.25, 0.3) is 0 Å². The van der Waals surface area contributed by atoms with E-state index in [9.17, 15) is 28.8 Å². The molecule has 5 rings (SSSR count). The number of rotatable bonds is 10. The Kier molecular flexibility index (Phi) is 12.5. The van der Waals surface area contributed by atoms with Crippen LogP contribution in [0.5, 0.6) is 0 Å². The predicted molar refractivity (Wildman–Crippen MR) is 171 cm³/mol. The van der Waals surface area contributed by atoms with E-state index in [-0.39, 0.29) is 17.6 Å². The number of anilines is 1. The Morgan fingerprint density at radius 3 is 2.36 bits per heavy atom. The minimum Gasteiger partial charge on any atom is -0.481 e. The SMILES string of the molecule is CN1CCc2nc(C(=O)N[C@@H]3C[C@@H](c4nnco4)CC[C@@H]3NC(=O)C(=O)Nc3ccc(Cl)cn3)sc2C1.O=C(O)CC(O)(CC(=O)O)C(=O)O. The van der Waals surface area contributed by atoms with Gasteiger partial charge < -0.3 is 45.7 Å². The maximum absolute atomic E-state index is 13.2. The van der Waals surface area contributed by atoms with Crippen LogP contribution in [0.4, 0.5) is 5.82 Å². The van der Waals surface area contributed by atoms with E-state index in [0.29, 0.717) is 35.2 Å². The molecule has 3 aromatic rings. The summed E-state index contributed by atoms with van der Waals surface area (Å²) in [4.78, 5) is 80.7. The fraction of sp³-hybridized carbons (Fsp3) is 0.448. The normalized spacial score (nSPS) is 18.8. The van der Waals surface area contributed by atoms with Crippen molar-refractivity contribution in [1.29, 1.82) is 0 Å². The number of hydrogen-bond acceptors (Lipinski definition) is 14. The van der Waals surface area contributed by atoms with Gasteiger partial charge in [-0.05, 0) is 38.4 Å². The molecule has 0 bridgehead atoms. The van der Waals surface area contributed by atoms with E-state index in [0.717, 1.165) is 30.1 Å². The zero-order chi connectivity index (χ0) is 36.6. The highest BCUT2D eigenvalue weighted by Crippen LogP contribution is 2.33. The number of thiazole rings is 1. The minimum absolute atomic E-state index is 0.0915. The molecule has 2 aliphatic rings. The predicted octanol–water partition coefficient (Wildman–Crippen LogP) is 0.504. The Morgan fingerprint density at radius 2 is 1.76 bits per heavy atom. The van der Waals surface area contributed by atoms with Crippen molar-refractivity contribution in [2.75, 3.05) is 18.9 Å². The summed E-state index contributed by atoms with van der Waals surface area (Å²) in [5, 5.41) is 50.6. The van der Waals surface area contributed by atoms with Gasteiger partial charge in [0.15, 0.2) is 10.6 Å². The first-order chi connectivity index (χ1) is 23.6. The second-order valence-electron chi connectivity index (χ2n) is 11.6. The molecule has 4 heterocycles. The summed E-state index contributed by atoms with van der Waals surface area (Å²) in [5.41, 5.74) is -1.78. The molecule has 1 aliphatic heterocycles. The van der Waals surface area contributed by atoms with Crippen LogP contribution in [0.15, 0.2) is 29.1 Å². The maximum Gasteiger partial charge on any atom is 0.336 e. The molecule has 1 saturated carbocycles. The summed E-state index contributed by atoms with van der Waals surface area (Å²) >= 11 is 7.20. The lowest BCUT2D eigenvalue weighted by Crippen LogP contribution is -2.56. The molecule has 21 heteroatoms. The number of aromatic nitrogens is 4. The molecular weight excluding hydrogens is 704 g/mol. The maximum atomic E-state index is 13.2. The molecule has 3 aromatic heterocycles. The lowest BCUT2D eigenvalue weighted by atomic mass is 9.82. The molecule has 0 spiro atoms. The Hall–Kier alpha value is -5.05. The van der Waals surface area contributed by atoms with Crippen LogP contribution in [0, 0.1) is 0 Å². The van der Waals surface area contributed by atoms with E-state index in [1.807, 2.05) is 7.05 Å². The molecule has 0 radical (unpaired) electrons. The Bertz CT molecular complexity index is 1700. The highest BCUT2D eigenvalue weighted by Gasteiger charge is 2.41. The lowest BCUT2D eigenvalue weighted by Gasteiger charge is -2.35. The van der Waals surface area contributed by atoms with E-state index in [1.54, 1.807) is 6.07 Å². The van der Waals surface area contributed by atoms with Crippen LogP contribution >= 0.6 is 22.9 Å². The monoisotopic (exact) mass is 736 g/mol. The summed E-state index contributed by atoms with van der Waals surface area (Å²) in [7, 11) is 2.04. The zero-order valence-corrected chi connectivity index (χ0v) is 27.9. The van der Waals surface area contributed by atoms with Crippen LogP contribution in [0.1, 0.15) is 64.3 Å².